The van der Waals surface area contributed by atoms with Gasteiger partial charge in [-0.1, -0.05) is 0 Å². The molecule has 0 aromatic carbocycles. The average Bonchev–Trinajstić information content (AvgIpc) is 2.61. The zero-order valence-electron chi connectivity index (χ0n) is 11.8. The first-order valence-corrected chi connectivity index (χ1v) is 8.64. The number of amides is 1. The lowest BCUT2D eigenvalue weighted by Gasteiger charge is -2.32. The highest BCUT2D eigenvalue weighted by Gasteiger charge is 2.31. The molecule has 1 atom stereocenters. The topological polar surface area (TPSA) is 38.8 Å². The van der Waals surface area contributed by atoms with Gasteiger partial charge < -0.3 is 14.4 Å². The van der Waals surface area contributed by atoms with E-state index >= 15 is 0 Å². The number of thiophene rings is 1. The second kappa shape index (κ2) is 5.85. The van der Waals surface area contributed by atoms with E-state index in [0.29, 0.717) is 6.61 Å². The van der Waals surface area contributed by atoms with Gasteiger partial charge in [-0.25, -0.2) is 4.79 Å². The largest absolute Gasteiger partial charge is 0.489 e. The highest BCUT2D eigenvalue weighted by atomic mass is 79.9. The molecular weight excluding hydrogens is 410 g/mol. The van der Waals surface area contributed by atoms with Gasteiger partial charge in [0.05, 0.1) is 19.2 Å². The third-order valence-electron chi connectivity index (χ3n) is 2.91. The smallest absolute Gasteiger partial charge is 0.410 e. The van der Waals surface area contributed by atoms with E-state index in [9.17, 15) is 4.79 Å². The van der Waals surface area contributed by atoms with E-state index in [1.807, 2.05) is 20.8 Å². The standard InChI is InChI=1S/C13H17Br2NO3S/c1-13(2,3)19-12(17)16(4)7-5-8-10(18-6-7)9(14)11(15)20-8/h7H,5-6H2,1-4H3. The minimum atomic E-state index is -0.485. The van der Waals surface area contributed by atoms with Gasteiger partial charge in [0.1, 0.15) is 18.0 Å². The van der Waals surface area contributed by atoms with Crippen molar-refractivity contribution >= 4 is 49.3 Å². The molecule has 2 heterocycles. The number of carbonyl (C=O) groups is 1. The maximum atomic E-state index is 12.1. The lowest BCUT2D eigenvalue weighted by Crippen LogP contribution is -2.45. The van der Waals surface area contributed by atoms with Crippen LogP contribution in [-0.4, -0.2) is 36.3 Å². The van der Waals surface area contributed by atoms with Crippen LogP contribution in [0.1, 0.15) is 25.6 Å². The molecule has 1 aromatic heterocycles. The number of rotatable bonds is 1. The van der Waals surface area contributed by atoms with Crippen molar-refractivity contribution in [2.45, 2.75) is 38.8 Å². The van der Waals surface area contributed by atoms with E-state index in [0.717, 1.165) is 25.3 Å². The lowest BCUT2D eigenvalue weighted by atomic mass is 10.1. The molecule has 0 saturated carbocycles. The maximum Gasteiger partial charge on any atom is 0.410 e. The Labute approximate surface area is 139 Å². The van der Waals surface area contributed by atoms with Crippen LogP contribution < -0.4 is 4.74 Å². The van der Waals surface area contributed by atoms with Crippen molar-refractivity contribution in [3.8, 4) is 5.75 Å². The van der Waals surface area contributed by atoms with Gasteiger partial charge in [-0.2, -0.15) is 0 Å². The molecular formula is C13H17Br2NO3S. The predicted octanol–water partition coefficient (Wildman–Crippen LogP) is 4.44. The molecule has 1 aromatic rings. The van der Waals surface area contributed by atoms with Gasteiger partial charge in [-0.15, -0.1) is 11.3 Å². The summed E-state index contributed by atoms with van der Waals surface area (Å²) in [6.45, 7) is 6.07. The third kappa shape index (κ3) is 3.49. The van der Waals surface area contributed by atoms with Crippen molar-refractivity contribution in [2.75, 3.05) is 13.7 Å². The Bertz CT molecular complexity index is 524. The van der Waals surface area contributed by atoms with Crippen LogP contribution in [0.2, 0.25) is 0 Å². The van der Waals surface area contributed by atoms with Crippen LogP contribution in [0.3, 0.4) is 0 Å². The van der Waals surface area contributed by atoms with Crippen LogP contribution in [0.25, 0.3) is 0 Å². The van der Waals surface area contributed by atoms with Crippen LogP contribution in [0.4, 0.5) is 4.79 Å². The van der Waals surface area contributed by atoms with Crippen LogP contribution in [0.5, 0.6) is 5.75 Å². The molecule has 1 amide bonds. The van der Waals surface area contributed by atoms with Gasteiger partial charge >= 0.3 is 6.09 Å². The number of halogens is 2. The fourth-order valence-corrected chi connectivity index (χ4v) is 4.30. The Morgan fingerprint density at radius 3 is 2.70 bits per heavy atom. The van der Waals surface area contributed by atoms with Gasteiger partial charge in [0.25, 0.3) is 0 Å². The molecule has 0 saturated heterocycles. The van der Waals surface area contributed by atoms with E-state index in [1.54, 1.807) is 23.3 Å². The van der Waals surface area contributed by atoms with Crippen molar-refractivity contribution in [1.82, 2.24) is 4.90 Å². The van der Waals surface area contributed by atoms with Crippen molar-refractivity contribution in [1.29, 1.82) is 0 Å². The summed E-state index contributed by atoms with van der Waals surface area (Å²) in [6, 6.07) is -0.00481. The van der Waals surface area contributed by atoms with E-state index in [1.165, 1.54) is 0 Å². The normalized spacial score (nSPS) is 18.2. The minimum absolute atomic E-state index is 0.00481. The number of fused-ring (bicyclic) bond motifs is 1. The Balaban J connectivity index is 2.07. The minimum Gasteiger partial charge on any atom is -0.489 e. The number of likely N-dealkylation sites (N-methyl/N-ethyl adjacent to an activating group) is 1. The molecule has 0 bridgehead atoms. The monoisotopic (exact) mass is 425 g/mol. The summed E-state index contributed by atoms with van der Waals surface area (Å²) in [7, 11) is 1.75. The fraction of sp³-hybridized carbons (Fsp3) is 0.615. The Kier molecular flexibility index (Phi) is 4.71. The van der Waals surface area contributed by atoms with Gasteiger partial charge in [-0.05, 0) is 52.6 Å². The molecule has 0 fully saturated rings. The molecule has 112 valence electrons. The maximum absolute atomic E-state index is 12.1. The summed E-state index contributed by atoms with van der Waals surface area (Å²) >= 11 is 8.61. The zero-order valence-corrected chi connectivity index (χ0v) is 15.8. The summed E-state index contributed by atoms with van der Waals surface area (Å²) in [4.78, 5) is 14.8. The molecule has 1 aliphatic rings. The quantitative estimate of drug-likeness (QED) is 0.666. The number of hydrogen-bond donors (Lipinski definition) is 0. The molecule has 1 unspecified atom stereocenters. The highest BCUT2D eigenvalue weighted by molar-refractivity contribution is 9.13. The molecule has 0 aliphatic carbocycles. The van der Waals surface area contributed by atoms with Crippen LogP contribution >= 0.6 is 43.2 Å². The molecule has 0 radical (unpaired) electrons. The highest BCUT2D eigenvalue weighted by Crippen LogP contribution is 2.45. The Morgan fingerprint density at radius 2 is 2.10 bits per heavy atom. The summed E-state index contributed by atoms with van der Waals surface area (Å²) in [5, 5.41) is 0. The average molecular weight is 427 g/mol. The molecule has 2 rings (SSSR count). The first kappa shape index (κ1) is 16.1. The van der Waals surface area contributed by atoms with E-state index in [4.69, 9.17) is 9.47 Å². The third-order valence-corrected chi connectivity index (χ3v) is 6.32. The van der Waals surface area contributed by atoms with Crippen molar-refractivity contribution in [2.24, 2.45) is 0 Å². The van der Waals surface area contributed by atoms with Crippen molar-refractivity contribution in [3.63, 3.8) is 0 Å². The van der Waals surface area contributed by atoms with Gasteiger partial charge in [0.2, 0.25) is 0 Å². The second-order valence-corrected chi connectivity index (χ2v) is 8.92. The molecule has 7 heteroatoms. The van der Waals surface area contributed by atoms with Gasteiger partial charge in [0.15, 0.2) is 0 Å². The molecule has 0 spiro atoms. The molecule has 20 heavy (non-hydrogen) atoms. The Morgan fingerprint density at radius 1 is 1.45 bits per heavy atom. The summed E-state index contributed by atoms with van der Waals surface area (Å²) in [6.07, 6.45) is 0.462. The predicted molar refractivity (Wildman–Crippen MR) is 86.7 cm³/mol. The summed E-state index contributed by atoms with van der Waals surface area (Å²) in [5.41, 5.74) is -0.485. The van der Waals surface area contributed by atoms with Crippen molar-refractivity contribution in [3.05, 3.63) is 13.1 Å². The first-order chi connectivity index (χ1) is 9.19. The Hall–Kier alpha value is -0.270. The fourth-order valence-electron chi connectivity index (χ4n) is 1.87. The molecule has 4 nitrogen and oxygen atoms in total. The summed E-state index contributed by atoms with van der Waals surface area (Å²) in [5.74, 6) is 0.885. The second-order valence-electron chi connectivity index (χ2n) is 5.70. The van der Waals surface area contributed by atoms with Crippen LogP contribution in [0.15, 0.2) is 8.26 Å². The molecule has 0 N–H and O–H groups in total. The number of nitrogens with zero attached hydrogens (tertiary/aromatic N) is 1. The van der Waals surface area contributed by atoms with E-state index in [-0.39, 0.29) is 12.1 Å². The van der Waals surface area contributed by atoms with Gasteiger partial charge in [-0.3, -0.25) is 0 Å². The van der Waals surface area contributed by atoms with Crippen molar-refractivity contribution < 1.29 is 14.3 Å². The van der Waals surface area contributed by atoms with Gasteiger partial charge in [0, 0.05) is 13.5 Å². The number of carbonyl (C=O) groups excluding carboxylic acids is 1. The first-order valence-electron chi connectivity index (χ1n) is 6.24. The molecule has 1 aliphatic heterocycles. The SMILES string of the molecule is CN(C(=O)OC(C)(C)C)C1COc2c(sc(Br)c2Br)C1. The zero-order chi connectivity index (χ0) is 15.1. The number of ether oxygens (including phenoxy) is 2. The number of hydrogen-bond acceptors (Lipinski definition) is 4. The van der Waals surface area contributed by atoms with Crippen LogP contribution in [-0.2, 0) is 11.2 Å². The van der Waals surface area contributed by atoms with E-state index < -0.39 is 5.60 Å². The summed E-state index contributed by atoms with van der Waals surface area (Å²) < 4.78 is 13.1. The van der Waals surface area contributed by atoms with E-state index in [2.05, 4.69) is 31.9 Å². The van der Waals surface area contributed by atoms with Crippen LogP contribution in [0, 0.1) is 0 Å². The lowest BCUT2D eigenvalue weighted by molar-refractivity contribution is 0.0161.